The minimum Gasteiger partial charge on any atom is -0.349 e. The lowest BCUT2D eigenvalue weighted by Crippen LogP contribution is -1.82. The number of aromatic nitrogens is 2. The second kappa shape index (κ2) is 1.84. The monoisotopic (exact) mass is 132 g/mol. The summed E-state index contributed by atoms with van der Waals surface area (Å²) in [5, 5.41) is 0. The number of hydrogen-bond acceptors (Lipinski definition) is 1. The van der Waals surface area contributed by atoms with Gasteiger partial charge in [-0.15, -0.1) is 0 Å². The Balaban J connectivity index is 2.93. The molecule has 0 aliphatic carbocycles. The minimum absolute atomic E-state index is 1.06. The molecule has 0 aliphatic rings. The van der Waals surface area contributed by atoms with E-state index in [-0.39, 0.29) is 0 Å². The van der Waals surface area contributed by atoms with Crippen LogP contribution in [0.3, 0.4) is 0 Å². The number of nitrogens with zero attached hydrogens (tertiary/aromatic N) is 2. The minimum atomic E-state index is 1.06. The van der Waals surface area contributed by atoms with Gasteiger partial charge in [-0.1, -0.05) is 0 Å². The van der Waals surface area contributed by atoms with Crippen molar-refractivity contribution in [3.8, 4) is 0 Å². The molecule has 10 heavy (non-hydrogen) atoms. The Morgan fingerprint density at radius 3 is 3.10 bits per heavy atom. The van der Waals surface area contributed by atoms with Crippen LogP contribution in [0.2, 0.25) is 0 Å². The summed E-state index contributed by atoms with van der Waals surface area (Å²) in [6.45, 7) is 0. The predicted octanol–water partition coefficient (Wildman–Crippen LogP) is 1.57. The van der Waals surface area contributed by atoms with Crippen molar-refractivity contribution in [1.29, 1.82) is 0 Å². The van der Waals surface area contributed by atoms with Crippen molar-refractivity contribution in [3.63, 3.8) is 0 Å². The normalized spacial score (nSPS) is 10.5. The van der Waals surface area contributed by atoms with Crippen LogP contribution in [0.4, 0.5) is 0 Å². The number of aryl methyl sites for hydroxylation is 1. The number of hydrogen-bond donors (Lipinski definition) is 0. The molecule has 2 rings (SSSR count). The summed E-state index contributed by atoms with van der Waals surface area (Å²) in [6, 6.07) is 6.01. The van der Waals surface area contributed by atoms with Gasteiger partial charge in [-0.3, -0.25) is 4.98 Å². The molecule has 0 N–H and O–H groups in total. The Morgan fingerprint density at radius 2 is 2.30 bits per heavy atom. The van der Waals surface area contributed by atoms with Crippen LogP contribution >= 0.6 is 0 Å². The molecule has 0 saturated heterocycles. The van der Waals surface area contributed by atoms with Gasteiger partial charge in [-0.05, 0) is 18.2 Å². The molecule has 0 saturated carbocycles. The van der Waals surface area contributed by atoms with Crippen LogP contribution in [0, 0.1) is 0 Å². The highest BCUT2D eigenvalue weighted by Crippen LogP contribution is 2.09. The first kappa shape index (κ1) is 5.47. The Hall–Kier alpha value is -1.31. The van der Waals surface area contributed by atoms with Gasteiger partial charge in [0.2, 0.25) is 0 Å². The van der Waals surface area contributed by atoms with Crippen molar-refractivity contribution in [3.05, 3.63) is 30.6 Å². The van der Waals surface area contributed by atoms with E-state index in [0.717, 1.165) is 5.52 Å². The van der Waals surface area contributed by atoms with Gasteiger partial charge in [0.15, 0.2) is 0 Å². The maximum atomic E-state index is 4.18. The van der Waals surface area contributed by atoms with Crippen LogP contribution in [0.15, 0.2) is 30.6 Å². The lowest BCUT2D eigenvalue weighted by atomic mass is 10.4. The smallest absolute Gasteiger partial charge is 0.0880 e. The zero-order valence-electron chi connectivity index (χ0n) is 5.78. The first-order chi connectivity index (χ1) is 4.88. The summed E-state index contributed by atoms with van der Waals surface area (Å²) < 4.78 is 2.06. The number of rotatable bonds is 0. The van der Waals surface area contributed by atoms with Crippen molar-refractivity contribution in [2.75, 3.05) is 0 Å². The molecule has 0 unspecified atom stereocenters. The molecule has 0 aliphatic heterocycles. The second-order valence-corrected chi connectivity index (χ2v) is 2.33. The van der Waals surface area contributed by atoms with Crippen LogP contribution in [0.5, 0.6) is 0 Å². The van der Waals surface area contributed by atoms with Crippen molar-refractivity contribution >= 4 is 11.0 Å². The third-order valence-corrected chi connectivity index (χ3v) is 1.65. The van der Waals surface area contributed by atoms with Crippen molar-refractivity contribution < 1.29 is 0 Å². The summed E-state index contributed by atoms with van der Waals surface area (Å²) in [5.74, 6) is 0. The molecule has 0 bridgehead atoms. The second-order valence-electron chi connectivity index (χ2n) is 2.33. The van der Waals surface area contributed by atoms with Crippen molar-refractivity contribution in [2.45, 2.75) is 0 Å². The molecular formula is C8H8N2. The zero-order chi connectivity index (χ0) is 6.97. The average Bonchev–Trinajstić information content (AvgIpc) is 2.34. The molecule has 0 amide bonds. The molecule has 2 aromatic rings. The molecule has 0 atom stereocenters. The largest absolute Gasteiger partial charge is 0.349 e. The maximum absolute atomic E-state index is 4.18. The summed E-state index contributed by atoms with van der Waals surface area (Å²) >= 11 is 0. The van der Waals surface area contributed by atoms with Crippen molar-refractivity contribution in [2.24, 2.45) is 7.05 Å². The maximum Gasteiger partial charge on any atom is 0.0880 e. The molecule has 2 heterocycles. The standard InChI is InChI=1S/C8H8N2/c1-10-6-4-7-8(10)3-2-5-9-7/h2-6H,1H3. The summed E-state index contributed by atoms with van der Waals surface area (Å²) in [4.78, 5) is 4.18. The molecule has 0 aromatic carbocycles. The summed E-state index contributed by atoms with van der Waals surface area (Å²) in [7, 11) is 2.02. The molecule has 0 spiro atoms. The van der Waals surface area contributed by atoms with E-state index < -0.39 is 0 Å². The lowest BCUT2D eigenvalue weighted by molar-refractivity contribution is 0.968. The van der Waals surface area contributed by atoms with E-state index in [4.69, 9.17) is 0 Å². The molecule has 2 aromatic heterocycles. The highest BCUT2D eigenvalue weighted by atomic mass is 14.9. The fraction of sp³-hybridized carbons (Fsp3) is 0.125. The van der Waals surface area contributed by atoms with E-state index in [1.54, 1.807) is 0 Å². The van der Waals surface area contributed by atoms with Crippen LogP contribution in [0.25, 0.3) is 11.0 Å². The highest BCUT2D eigenvalue weighted by Gasteiger charge is 1.93. The first-order valence-electron chi connectivity index (χ1n) is 3.24. The molecular weight excluding hydrogens is 124 g/mol. The van der Waals surface area contributed by atoms with E-state index in [1.165, 1.54) is 5.52 Å². The van der Waals surface area contributed by atoms with Crippen LogP contribution < -0.4 is 0 Å². The van der Waals surface area contributed by atoms with Gasteiger partial charge in [-0.25, -0.2) is 0 Å². The average molecular weight is 132 g/mol. The Labute approximate surface area is 59.1 Å². The zero-order valence-corrected chi connectivity index (χ0v) is 5.78. The van der Waals surface area contributed by atoms with Gasteiger partial charge in [0.05, 0.1) is 11.0 Å². The molecule has 0 fully saturated rings. The van der Waals surface area contributed by atoms with Crippen LogP contribution in [0.1, 0.15) is 0 Å². The Morgan fingerprint density at radius 1 is 1.40 bits per heavy atom. The molecule has 2 nitrogen and oxygen atoms in total. The third kappa shape index (κ3) is 0.620. The lowest BCUT2D eigenvalue weighted by Gasteiger charge is -1.91. The number of pyridine rings is 1. The van der Waals surface area contributed by atoms with Crippen LogP contribution in [-0.2, 0) is 7.05 Å². The Bertz CT molecular complexity index is 349. The summed E-state index contributed by atoms with van der Waals surface area (Å²) in [6.07, 6.45) is 3.82. The topological polar surface area (TPSA) is 17.8 Å². The van der Waals surface area contributed by atoms with Gasteiger partial charge in [0.1, 0.15) is 0 Å². The molecule has 0 radical (unpaired) electrons. The van der Waals surface area contributed by atoms with Crippen LogP contribution in [-0.4, -0.2) is 9.55 Å². The fourth-order valence-corrected chi connectivity index (χ4v) is 1.10. The van der Waals surface area contributed by atoms with Gasteiger partial charge in [0.25, 0.3) is 0 Å². The number of fused-ring (bicyclic) bond motifs is 1. The Kier molecular flexibility index (Phi) is 1.01. The van der Waals surface area contributed by atoms with Gasteiger partial charge in [-0.2, -0.15) is 0 Å². The SMILES string of the molecule is Cn1ccc2ncccc21. The molecule has 50 valence electrons. The molecule has 2 heteroatoms. The first-order valence-corrected chi connectivity index (χ1v) is 3.24. The fourth-order valence-electron chi connectivity index (χ4n) is 1.10. The third-order valence-electron chi connectivity index (χ3n) is 1.65. The van der Waals surface area contributed by atoms with E-state index in [1.807, 2.05) is 31.6 Å². The highest BCUT2D eigenvalue weighted by molar-refractivity contribution is 5.74. The van der Waals surface area contributed by atoms with E-state index in [2.05, 4.69) is 15.6 Å². The quantitative estimate of drug-likeness (QED) is 0.532. The van der Waals surface area contributed by atoms with Crippen molar-refractivity contribution in [1.82, 2.24) is 9.55 Å². The van der Waals surface area contributed by atoms with E-state index >= 15 is 0 Å². The van der Waals surface area contributed by atoms with E-state index in [9.17, 15) is 0 Å². The van der Waals surface area contributed by atoms with Gasteiger partial charge in [0, 0.05) is 19.4 Å². The van der Waals surface area contributed by atoms with Gasteiger partial charge >= 0.3 is 0 Å². The predicted molar refractivity (Wildman–Crippen MR) is 40.7 cm³/mol. The van der Waals surface area contributed by atoms with E-state index in [0.29, 0.717) is 0 Å². The van der Waals surface area contributed by atoms with Gasteiger partial charge < -0.3 is 4.57 Å². The summed E-state index contributed by atoms with van der Waals surface area (Å²) in [5.41, 5.74) is 2.24.